The Morgan fingerprint density at radius 3 is 2.67 bits per heavy atom. The van der Waals surface area contributed by atoms with Crippen molar-refractivity contribution in [1.29, 1.82) is 0 Å². The number of ether oxygens (including phenoxy) is 1. The van der Waals surface area contributed by atoms with Crippen molar-refractivity contribution in [2.45, 2.75) is 38.8 Å². The molecule has 15 heavy (non-hydrogen) atoms. The van der Waals surface area contributed by atoms with E-state index in [1.54, 1.807) is 0 Å². The van der Waals surface area contributed by atoms with Gasteiger partial charge >= 0.3 is 6.09 Å². The third-order valence-corrected chi connectivity index (χ3v) is 2.10. The van der Waals surface area contributed by atoms with Crippen molar-refractivity contribution in [3.8, 4) is 0 Å². The van der Waals surface area contributed by atoms with E-state index in [-0.39, 0.29) is 24.2 Å². The van der Waals surface area contributed by atoms with Crippen molar-refractivity contribution in [2.24, 2.45) is 5.92 Å². The summed E-state index contributed by atoms with van der Waals surface area (Å²) < 4.78 is 5.17. The summed E-state index contributed by atoms with van der Waals surface area (Å²) >= 11 is 0. The molecule has 2 unspecified atom stereocenters. The van der Waals surface area contributed by atoms with Crippen LogP contribution in [0.1, 0.15) is 27.2 Å². The lowest BCUT2D eigenvalue weighted by Crippen LogP contribution is -2.42. The first-order valence-electron chi connectivity index (χ1n) is 5.18. The monoisotopic (exact) mass is 213 g/mol. The van der Waals surface area contributed by atoms with Crippen LogP contribution in [0, 0.1) is 5.92 Å². The van der Waals surface area contributed by atoms with Gasteiger partial charge in [-0.25, -0.2) is 4.79 Å². The fraction of sp³-hybridized carbons (Fsp3) is 0.727. The van der Waals surface area contributed by atoms with E-state index in [0.29, 0.717) is 6.42 Å². The van der Waals surface area contributed by atoms with Crippen molar-refractivity contribution < 1.29 is 14.6 Å². The molecule has 2 atom stereocenters. The molecule has 0 saturated carbocycles. The van der Waals surface area contributed by atoms with Crippen molar-refractivity contribution in [2.75, 3.05) is 6.61 Å². The van der Waals surface area contributed by atoms with Gasteiger partial charge in [0, 0.05) is 18.1 Å². The summed E-state index contributed by atoms with van der Waals surface area (Å²) in [4.78, 5) is 11.4. The molecule has 0 aromatic rings. The van der Waals surface area contributed by atoms with Crippen LogP contribution < -0.4 is 5.32 Å². The van der Waals surface area contributed by atoms with Crippen molar-refractivity contribution >= 4 is 6.09 Å². The number of hydrogen-bond donors (Lipinski definition) is 2. The number of alkyl carbamates (subject to hydrolysis) is 1. The molecule has 0 aromatic carbocycles. The van der Waals surface area contributed by atoms with E-state index in [1.165, 1.54) is 0 Å². The molecular weight excluding hydrogens is 194 g/mol. The Balaban J connectivity index is 2.32. The Hall–Kier alpha value is -1.03. The zero-order chi connectivity index (χ0) is 11.5. The van der Waals surface area contributed by atoms with Gasteiger partial charge in [0.2, 0.25) is 0 Å². The van der Waals surface area contributed by atoms with E-state index in [9.17, 15) is 4.79 Å². The van der Waals surface area contributed by atoms with Gasteiger partial charge in [-0.15, -0.1) is 0 Å². The van der Waals surface area contributed by atoms with Crippen molar-refractivity contribution in [3.05, 3.63) is 12.2 Å². The van der Waals surface area contributed by atoms with Crippen LogP contribution in [0.3, 0.4) is 0 Å². The van der Waals surface area contributed by atoms with Crippen LogP contribution in [0.4, 0.5) is 4.79 Å². The molecule has 0 radical (unpaired) electrons. The van der Waals surface area contributed by atoms with Crippen LogP contribution in [0.2, 0.25) is 0 Å². The minimum Gasteiger partial charge on any atom is -0.442 e. The fourth-order valence-electron chi connectivity index (χ4n) is 1.43. The standard InChI is InChI=1S/C11H19NO3/c1-11(2,3)12-10(14)15-9-5-4-8(6-9)7-13/h4-5,8-9,13H,6-7H2,1-3H3,(H,12,14). The normalized spacial score (nSPS) is 25.3. The molecule has 0 saturated heterocycles. The highest BCUT2D eigenvalue weighted by molar-refractivity contribution is 5.68. The molecule has 86 valence electrons. The maximum Gasteiger partial charge on any atom is 0.408 e. The van der Waals surface area contributed by atoms with Gasteiger partial charge in [-0.2, -0.15) is 0 Å². The third-order valence-electron chi connectivity index (χ3n) is 2.10. The second kappa shape index (κ2) is 4.66. The van der Waals surface area contributed by atoms with Crippen LogP contribution in [0.25, 0.3) is 0 Å². The van der Waals surface area contributed by atoms with Gasteiger partial charge in [-0.3, -0.25) is 0 Å². The minimum absolute atomic E-state index is 0.108. The summed E-state index contributed by atoms with van der Waals surface area (Å²) in [5.41, 5.74) is -0.282. The second-order valence-corrected chi connectivity index (χ2v) is 4.88. The van der Waals surface area contributed by atoms with Gasteiger partial charge in [0.05, 0.1) is 0 Å². The molecule has 4 nitrogen and oxygen atoms in total. The predicted octanol–water partition coefficient (Wildman–Crippen LogP) is 1.45. The Bertz CT molecular complexity index is 255. The number of hydrogen-bond acceptors (Lipinski definition) is 3. The lowest BCUT2D eigenvalue weighted by Gasteiger charge is -2.21. The summed E-state index contributed by atoms with van der Waals surface area (Å²) in [7, 11) is 0. The van der Waals surface area contributed by atoms with Crippen LogP contribution in [0.15, 0.2) is 12.2 Å². The van der Waals surface area contributed by atoms with Gasteiger partial charge in [0.25, 0.3) is 0 Å². The van der Waals surface area contributed by atoms with Gasteiger partial charge in [0.15, 0.2) is 0 Å². The topological polar surface area (TPSA) is 58.6 Å². The number of carbonyl (C=O) groups is 1. The van der Waals surface area contributed by atoms with Gasteiger partial charge in [0.1, 0.15) is 6.10 Å². The molecule has 1 aliphatic rings. The molecule has 0 aromatic heterocycles. The summed E-state index contributed by atoms with van der Waals surface area (Å²) in [5.74, 6) is 0.123. The molecule has 0 spiro atoms. The summed E-state index contributed by atoms with van der Waals surface area (Å²) in [6, 6.07) is 0. The molecule has 1 rings (SSSR count). The summed E-state index contributed by atoms with van der Waals surface area (Å²) in [6.07, 6.45) is 3.77. The van der Waals surface area contributed by atoms with Crippen molar-refractivity contribution in [3.63, 3.8) is 0 Å². The SMILES string of the molecule is CC(C)(C)NC(=O)OC1C=CC(CO)C1. The van der Waals surface area contributed by atoms with E-state index in [0.717, 1.165) is 0 Å². The first-order valence-corrected chi connectivity index (χ1v) is 5.18. The average molecular weight is 213 g/mol. The van der Waals surface area contributed by atoms with Crippen LogP contribution in [-0.4, -0.2) is 29.4 Å². The van der Waals surface area contributed by atoms with Crippen LogP contribution in [0.5, 0.6) is 0 Å². The zero-order valence-corrected chi connectivity index (χ0v) is 9.49. The molecule has 2 N–H and O–H groups in total. The Labute approximate surface area is 90.3 Å². The molecule has 0 bridgehead atoms. The highest BCUT2D eigenvalue weighted by Crippen LogP contribution is 2.19. The van der Waals surface area contributed by atoms with E-state index >= 15 is 0 Å². The molecule has 0 heterocycles. The number of rotatable bonds is 2. The summed E-state index contributed by atoms with van der Waals surface area (Å²) in [6.45, 7) is 5.80. The van der Waals surface area contributed by atoms with E-state index in [1.807, 2.05) is 32.9 Å². The molecule has 0 fully saturated rings. The Morgan fingerprint density at radius 2 is 2.20 bits per heavy atom. The molecule has 0 aliphatic heterocycles. The number of amides is 1. The third kappa shape index (κ3) is 4.34. The highest BCUT2D eigenvalue weighted by atomic mass is 16.6. The maximum atomic E-state index is 11.4. The van der Waals surface area contributed by atoms with E-state index in [2.05, 4.69) is 5.32 Å². The summed E-state index contributed by atoms with van der Waals surface area (Å²) in [5, 5.41) is 11.6. The molecule has 1 aliphatic carbocycles. The molecular formula is C11H19NO3. The number of carbonyl (C=O) groups excluding carboxylic acids is 1. The van der Waals surface area contributed by atoms with Gasteiger partial charge in [-0.1, -0.05) is 6.08 Å². The zero-order valence-electron chi connectivity index (χ0n) is 9.49. The predicted molar refractivity (Wildman–Crippen MR) is 57.5 cm³/mol. The van der Waals surface area contributed by atoms with E-state index < -0.39 is 6.09 Å². The maximum absolute atomic E-state index is 11.4. The van der Waals surface area contributed by atoms with Crippen LogP contribution in [-0.2, 0) is 4.74 Å². The average Bonchev–Trinajstić information content (AvgIpc) is 2.48. The Kier molecular flexibility index (Phi) is 3.74. The molecule has 1 amide bonds. The lowest BCUT2D eigenvalue weighted by molar-refractivity contribution is 0.103. The van der Waals surface area contributed by atoms with Gasteiger partial charge < -0.3 is 15.2 Å². The minimum atomic E-state index is -0.407. The fourth-order valence-corrected chi connectivity index (χ4v) is 1.43. The number of aliphatic hydroxyl groups excluding tert-OH is 1. The number of aliphatic hydroxyl groups is 1. The van der Waals surface area contributed by atoms with Gasteiger partial charge in [-0.05, 0) is 33.3 Å². The highest BCUT2D eigenvalue weighted by Gasteiger charge is 2.23. The Morgan fingerprint density at radius 1 is 1.53 bits per heavy atom. The first kappa shape index (κ1) is 12.0. The number of nitrogens with one attached hydrogen (secondary N) is 1. The van der Waals surface area contributed by atoms with Crippen molar-refractivity contribution in [1.82, 2.24) is 5.32 Å². The van der Waals surface area contributed by atoms with Crippen LogP contribution >= 0.6 is 0 Å². The van der Waals surface area contributed by atoms with E-state index in [4.69, 9.17) is 9.84 Å². The lowest BCUT2D eigenvalue weighted by atomic mass is 10.1. The largest absolute Gasteiger partial charge is 0.442 e. The smallest absolute Gasteiger partial charge is 0.408 e. The second-order valence-electron chi connectivity index (χ2n) is 4.88. The first-order chi connectivity index (χ1) is 6.90. The molecule has 4 heteroatoms. The quantitative estimate of drug-likeness (QED) is 0.682.